The minimum Gasteiger partial charge on any atom is -0.448 e. The maximum atomic E-state index is 12.6. The van der Waals surface area contributed by atoms with Crippen LogP contribution in [0.4, 0.5) is 4.79 Å². The smallest absolute Gasteiger partial charge is 0.413 e. The van der Waals surface area contributed by atoms with Crippen LogP contribution in [0.15, 0.2) is 48.5 Å². The van der Waals surface area contributed by atoms with Crippen LogP contribution < -0.4 is 0 Å². The maximum absolute atomic E-state index is 12.6. The molecule has 0 spiro atoms. The summed E-state index contributed by atoms with van der Waals surface area (Å²) in [5.74, 6) is 0.120. The van der Waals surface area contributed by atoms with Crippen molar-refractivity contribution in [1.82, 2.24) is 4.90 Å². The molecule has 1 aliphatic carbocycles. The highest BCUT2D eigenvalue weighted by atomic mass is 33.1. The quantitative estimate of drug-likeness (QED) is 0.555. The van der Waals surface area contributed by atoms with Gasteiger partial charge in [-0.15, -0.1) is 0 Å². The minimum absolute atomic E-state index is 0.000375. The summed E-state index contributed by atoms with van der Waals surface area (Å²) >= 11 is 0. The number of esters is 1. The van der Waals surface area contributed by atoms with E-state index in [9.17, 15) is 9.59 Å². The van der Waals surface area contributed by atoms with E-state index in [0.29, 0.717) is 5.75 Å². The molecule has 0 bridgehead atoms. The van der Waals surface area contributed by atoms with E-state index >= 15 is 0 Å². The molecule has 2 aromatic carbocycles. The molecule has 1 amide bonds. The molecule has 1 fully saturated rings. The number of amides is 1. The number of benzene rings is 2. The van der Waals surface area contributed by atoms with E-state index in [1.54, 1.807) is 10.8 Å². The van der Waals surface area contributed by atoms with Gasteiger partial charge in [-0.05, 0) is 28.5 Å². The Labute approximate surface area is 165 Å². The van der Waals surface area contributed by atoms with Gasteiger partial charge in [-0.1, -0.05) is 70.1 Å². The number of fused-ring (bicyclic) bond motifs is 3. The van der Waals surface area contributed by atoms with Crippen LogP contribution in [0.5, 0.6) is 0 Å². The molecule has 7 heteroatoms. The van der Waals surface area contributed by atoms with Crippen LogP contribution in [0.3, 0.4) is 0 Å². The maximum Gasteiger partial charge on any atom is 0.413 e. The Hall–Kier alpha value is -2.12. The zero-order chi connectivity index (χ0) is 18.8. The lowest BCUT2D eigenvalue weighted by Crippen LogP contribution is -2.40. The third kappa shape index (κ3) is 3.41. The first-order chi connectivity index (χ1) is 13.2. The molecular weight excluding hydrogens is 382 g/mol. The lowest BCUT2D eigenvalue weighted by Gasteiger charge is -2.21. The molecule has 140 valence electrons. The third-order valence-corrected chi connectivity index (χ3v) is 6.71. The molecule has 2 aliphatic rings. The Morgan fingerprint density at radius 2 is 1.78 bits per heavy atom. The van der Waals surface area contributed by atoms with Crippen molar-refractivity contribution >= 4 is 33.7 Å². The number of rotatable bonds is 5. The van der Waals surface area contributed by atoms with E-state index in [-0.39, 0.29) is 25.2 Å². The largest absolute Gasteiger partial charge is 0.448 e. The second-order valence-corrected chi connectivity index (χ2v) is 8.94. The van der Waals surface area contributed by atoms with Gasteiger partial charge in [0.15, 0.2) is 6.73 Å². The zero-order valence-electron chi connectivity index (χ0n) is 14.8. The molecule has 1 atom stereocenters. The fourth-order valence-corrected chi connectivity index (χ4v) is 4.97. The Balaban J connectivity index is 1.49. The first kappa shape index (κ1) is 18.3. The number of cyclic esters (lactones) is 1. The number of ether oxygens (including phenoxy) is 2. The van der Waals surface area contributed by atoms with Gasteiger partial charge in [0, 0.05) is 11.7 Å². The van der Waals surface area contributed by atoms with Crippen LogP contribution in [-0.4, -0.2) is 48.4 Å². The van der Waals surface area contributed by atoms with Crippen molar-refractivity contribution in [3.05, 3.63) is 59.7 Å². The number of hydrogen-bond acceptors (Lipinski definition) is 6. The topological polar surface area (TPSA) is 55.8 Å². The van der Waals surface area contributed by atoms with Crippen molar-refractivity contribution in [2.75, 3.05) is 25.3 Å². The summed E-state index contributed by atoms with van der Waals surface area (Å²) in [6.45, 7) is 0.190. The van der Waals surface area contributed by atoms with Crippen molar-refractivity contribution in [3.8, 4) is 11.1 Å². The molecule has 1 heterocycles. The van der Waals surface area contributed by atoms with Gasteiger partial charge < -0.3 is 9.47 Å². The molecule has 2 aromatic rings. The Bertz CT molecular complexity index is 827. The van der Waals surface area contributed by atoms with Crippen molar-refractivity contribution in [1.29, 1.82) is 0 Å². The second kappa shape index (κ2) is 7.86. The monoisotopic (exact) mass is 401 g/mol. The Morgan fingerprint density at radius 1 is 1.15 bits per heavy atom. The van der Waals surface area contributed by atoms with Crippen molar-refractivity contribution in [3.63, 3.8) is 0 Å². The van der Waals surface area contributed by atoms with E-state index in [2.05, 4.69) is 24.3 Å². The molecule has 0 radical (unpaired) electrons. The van der Waals surface area contributed by atoms with E-state index < -0.39 is 12.1 Å². The van der Waals surface area contributed by atoms with Crippen molar-refractivity contribution in [2.24, 2.45) is 0 Å². The molecule has 0 N–H and O–H groups in total. The van der Waals surface area contributed by atoms with Crippen LogP contribution in [-0.2, 0) is 14.3 Å². The van der Waals surface area contributed by atoms with Crippen LogP contribution in [0.1, 0.15) is 17.0 Å². The predicted molar refractivity (Wildman–Crippen MR) is 108 cm³/mol. The Kier molecular flexibility index (Phi) is 5.31. The fourth-order valence-electron chi connectivity index (χ4n) is 3.59. The van der Waals surface area contributed by atoms with Crippen LogP contribution in [0, 0.1) is 0 Å². The predicted octanol–water partition coefficient (Wildman–Crippen LogP) is 4.13. The minimum atomic E-state index is -0.585. The van der Waals surface area contributed by atoms with Gasteiger partial charge in [-0.25, -0.2) is 9.59 Å². The summed E-state index contributed by atoms with van der Waals surface area (Å²) < 4.78 is 10.7. The van der Waals surface area contributed by atoms with E-state index in [1.165, 1.54) is 26.8 Å². The standard InChI is InChI=1S/C20H19NO4S2/c1-26-27-11-18-19(22)25-12-21(18)20(23)24-10-17-15-8-4-2-6-13(15)14-7-3-5-9-16(14)17/h2-9,17-18H,10-12H2,1H3/t18-/m0/s1. The summed E-state index contributed by atoms with van der Waals surface area (Å²) in [7, 11) is 3.07. The van der Waals surface area contributed by atoms with E-state index in [1.807, 2.05) is 30.5 Å². The summed E-state index contributed by atoms with van der Waals surface area (Å²) in [6.07, 6.45) is 1.43. The number of carbonyl (C=O) groups excluding carboxylic acids is 2. The van der Waals surface area contributed by atoms with Crippen LogP contribution >= 0.6 is 21.6 Å². The number of nitrogens with zero attached hydrogens (tertiary/aromatic N) is 1. The molecule has 4 rings (SSSR count). The lowest BCUT2D eigenvalue weighted by atomic mass is 9.98. The Morgan fingerprint density at radius 3 is 2.41 bits per heavy atom. The number of hydrogen-bond donors (Lipinski definition) is 0. The molecule has 1 aliphatic heterocycles. The third-order valence-electron chi connectivity index (χ3n) is 4.91. The normalized spacial score (nSPS) is 18.2. The fraction of sp³-hybridized carbons (Fsp3) is 0.300. The molecule has 27 heavy (non-hydrogen) atoms. The van der Waals surface area contributed by atoms with Gasteiger partial charge in [-0.3, -0.25) is 4.90 Å². The lowest BCUT2D eigenvalue weighted by molar-refractivity contribution is -0.138. The van der Waals surface area contributed by atoms with Crippen molar-refractivity contribution < 1.29 is 19.1 Å². The van der Waals surface area contributed by atoms with Crippen molar-refractivity contribution in [2.45, 2.75) is 12.0 Å². The second-order valence-electron chi connectivity index (χ2n) is 6.33. The average Bonchev–Trinajstić information content (AvgIpc) is 3.22. The molecule has 0 saturated carbocycles. The number of carbonyl (C=O) groups is 2. The molecule has 1 saturated heterocycles. The van der Waals surface area contributed by atoms with E-state index in [4.69, 9.17) is 9.47 Å². The summed E-state index contributed by atoms with van der Waals surface area (Å²) in [5.41, 5.74) is 4.69. The SMILES string of the molecule is CSSC[C@H]1C(=O)OCN1C(=O)OCC1c2ccccc2-c2ccccc21. The zero-order valence-corrected chi connectivity index (χ0v) is 16.4. The molecular formula is C20H19NO4S2. The molecule has 0 unspecified atom stereocenters. The summed E-state index contributed by atoms with van der Waals surface area (Å²) in [5, 5.41) is 0. The highest BCUT2D eigenvalue weighted by Crippen LogP contribution is 2.44. The molecule has 0 aromatic heterocycles. The first-order valence-electron chi connectivity index (χ1n) is 8.64. The van der Waals surface area contributed by atoms with E-state index in [0.717, 1.165) is 11.1 Å². The summed E-state index contributed by atoms with van der Waals surface area (Å²) in [4.78, 5) is 25.9. The van der Waals surface area contributed by atoms with Gasteiger partial charge in [0.1, 0.15) is 12.6 Å². The van der Waals surface area contributed by atoms with Gasteiger partial charge in [0.2, 0.25) is 0 Å². The molecule has 5 nitrogen and oxygen atoms in total. The van der Waals surface area contributed by atoms with Crippen LogP contribution in [0.2, 0.25) is 0 Å². The summed E-state index contributed by atoms with van der Waals surface area (Å²) in [6, 6.07) is 15.8. The van der Waals surface area contributed by atoms with Gasteiger partial charge in [0.05, 0.1) is 0 Å². The van der Waals surface area contributed by atoms with Gasteiger partial charge in [0.25, 0.3) is 0 Å². The van der Waals surface area contributed by atoms with Crippen LogP contribution in [0.25, 0.3) is 11.1 Å². The first-order valence-corrected chi connectivity index (χ1v) is 11.4. The van der Waals surface area contributed by atoms with Gasteiger partial charge >= 0.3 is 12.1 Å². The highest BCUT2D eigenvalue weighted by Gasteiger charge is 2.39. The highest BCUT2D eigenvalue weighted by molar-refractivity contribution is 8.76. The average molecular weight is 402 g/mol. The van der Waals surface area contributed by atoms with Gasteiger partial charge in [-0.2, -0.15) is 0 Å².